The molecule has 0 N–H and O–H groups in total. The minimum atomic E-state index is 0.255. The maximum Gasteiger partial charge on any atom is 0.164 e. The Hall–Kier alpha value is -1.18. The first-order chi connectivity index (χ1) is 8.09. The Bertz CT molecular complexity index is 396. The quantitative estimate of drug-likeness (QED) is 0.723. The summed E-state index contributed by atoms with van der Waals surface area (Å²) in [5.74, 6) is 1.18. The summed E-state index contributed by atoms with van der Waals surface area (Å²) in [5, 5.41) is 0. The summed E-state index contributed by atoms with van der Waals surface area (Å²) in [6.07, 6.45) is 3.42. The number of Topliss-reactive ketones (excluding diaryl/α,β-unsaturated/α-hetero) is 1. The van der Waals surface area contributed by atoms with E-state index >= 15 is 0 Å². The van der Waals surface area contributed by atoms with Gasteiger partial charge in [0, 0.05) is 23.9 Å². The van der Waals surface area contributed by atoms with Crippen LogP contribution in [-0.2, 0) is 0 Å². The van der Waals surface area contributed by atoms with Gasteiger partial charge in [0.25, 0.3) is 0 Å². The van der Waals surface area contributed by atoms with Gasteiger partial charge >= 0.3 is 0 Å². The molecule has 0 saturated heterocycles. The SMILES string of the molecule is CC.CC(C)c1cc2c(cn1)C(=O)CCC2C. The molecule has 0 radical (unpaired) electrons. The van der Waals surface area contributed by atoms with Crippen molar-refractivity contribution in [2.45, 2.75) is 59.3 Å². The molecule has 1 aromatic heterocycles. The smallest absolute Gasteiger partial charge is 0.164 e. The molecule has 1 unspecified atom stereocenters. The van der Waals surface area contributed by atoms with Crippen molar-refractivity contribution >= 4 is 5.78 Å². The molecule has 2 rings (SSSR count). The third kappa shape index (κ3) is 2.93. The molecule has 1 heterocycles. The molecule has 0 aliphatic heterocycles. The van der Waals surface area contributed by atoms with Gasteiger partial charge in [0.15, 0.2) is 5.78 Å². The van der Waals surface area contributed by atoms with Crippen LogP contribution in [0.4, 0.5) is 0 Å². The Labute approximate surface area is 104 Å². The Balaban J connectivity index is 0.000000686. The van der Waals surface area contributed by atoms with E-state index in [0.29, 0.717) is 18.3 Å². The third-order valence-corrected chi connectivity index (χ3v) is 3.18. The van der Waals surface area contributed by atoms with Crippen molar-refractivity contribution in [2.75, 3.05) is 0 Å². The highest BCUT2D eigenvalue weighted by molar-refractivity contribution is 5.98. The predicted molar refractivity (Wildman–Crippen MR) is 71.7 cm³/mol. The highest BCUT2D eigenvalue weighted by Crippen LogP contribution is 2.32. The van der Waals surface area contributed by atoms with Crippen LogP contribution in [-0.4, -0.2) is 10.8 Å². The minimum Gasteiger partial charge on any atom is -0.294 e. The van der Waals surface area contributed by atoms with Crippen LogP contribution in [0.2, 0.25) is 0 Å². The Kier molecular flexibility index (Phi) is 4.86. The van der Waals surface area contributed by atoms with Crippen LogP contribution in [0.1, 0.15) is 80.9 Å². The average Bonchev–Trinajstić information content (AvgIpc) is 2.36. The van der Waals surface area contributed by atoms with Gasteiger partial charge in [-0.05, 0) is 29.9 Å². The fourth-order valence-corrected chi connectivity index (χ4v) is 2.08. The lowest BCUT2D eigenvalue weighted by atomic mass is 9.83. The van der Waals surface area contributed by atoms with Gasteiger partial charge in [0.05, 0.1) is 0 Å². The summed E-state index contributed by atoms with van der Waals surface area (Å²) in [4.78, 5) is 16.0. The first-order valence-corrected chi connectivity index (χ1v) is 6.62. The van der Waals surface area contributed by atoms with Crippen molar-refractivity contribution in [3.63, 3.8) is 0 Å². The van der Waals surface area contributed by atoms with E-state index in [9.17, 15) is 4.79 Å². The zero-order chi connectivity index (χ0) is 13.0. The van der Waals surface area contributed by atoms with Crippen LogP contribution in [0.25, 0.3) is 0 Å². The van der Waals surface area contributed by atoms with E-state index in [1.54, 1.807) is 6.20 Å². The number of aromatic nitrogens is 1. The van der Waals surface area contributed by atoms with Crippen LogP contribution < -0.4 is 0 Å². The number of ketones is 1. The molecule has 1 atom stereocenters. The van der Waals surface area contributed by atoms with Gasteiger partial charge in [-0.15, -0.1) is 0 Å². The summed E-state index contributed by atoms with van der Waals surface area (Å²) in [6.45, 7) is 10.4. The number of nitrogens with zero attached hydrogens (tertiary/aromatic N) is 1. The molecular weight excluding hydrogens is 210 g/mol. The molecule has 0 saturated carbocycles. The monoisotopic (exact) mass is 233 g/mol. The van der Waals surface area contributed by atoms with Crippen LogP contribution in [0.5, 0.6) is 0 Å². The molecule has 0 bridgehead atoms. The maximum absolute atomic E-state index is 11.7. The lowest BCUT2D eigenvalue weighted by molar-refractivity contribution is 0.0967. The van der Waals surface area contributed by atoms with E-state index in [1.807, 2.05) is 13.8 Å². The van der Waals surface area contributed by atoms with Crippen molar-refractivity contribution in [1.82, 2.24) is 4.98 Å². The predicted octanol–water partition coefficient (Wildman–Crippen LogP) is 4.31. The Morgan fingerprint density at radius 2 is 2.00 bits per heavy atom. The van der Waals surface area contributed by atoms with Gasteiger partial charge in [-0.2, -0.15) is 0 Å². The number of hydrogen-bond donors (Lipinski definition) is 0. The number of rotatable bonds is 1. The fraction of sp³-hybridized carbons (Fsp3) is 0.600. The summed E-state index contributed by atoms with van der Waals surface area (Å²) in [5.41, 5.74) is 3.14. The van der Waals surface area contributed by atoms with Crippen LogP contribution >= 0.6 is 0 Å². The molecular formula is C15H23NO. The molecule has 0 amide bonds. The van der Waals surface area contributed by atoms with E-state index in [1.165, 1.54) is 5.56 Å². The Morgan fingerprint density at radius 3 is 2.59 bits per heavy atom. The van der Waals surface area contributed by atoms with Gasteiger partial charge < -0.3 is 0 Å². The molecule has 0 spiro atoms. The summed E-state index contributed by atoms with van der Waals surface area (Å²) in [6, 6.07) is 2.11. The molecule has 0 fully saturated rings. The van der Waals surface area contributed by atoms with E-state index in [4.69, 9.17) is 0 Å². The molecule has 2 nitrogen and oxygen atoms in total. The van der Waals surface area contributed by atoms with Crippen molar-refractivity contribution < 1.29 is 4.79 Å². The molecule has 1 aliphatic rings. The first kappa shape index (κ1) is 13.9. The summed E-state index contributed by atoms with van der Waals surface area (Å²) in [7, 11) is 0. The molecule has 1 aromatic rings. The lowest BCUT2D eigenvalue weighted by Gasteiger charge is -2.22. The summed E-state index contributed by atoms with van der Waals surface area (Å²) < 4.78 is 0. The largest absolute Gasteiger partial charge is 0.294 e. The second kappa shape index (κ2) is 5.95. The van der Waals surface area contributed by atoms with E-state index in [-0.39, 0.29) is 5.78 Å². The number of carbonyl (C=O) groups is 1. The van der Waals surface area contributed by atoms with Crippen LogP contribution in [0.15, 0.2) is 12.3 Å². The van der Waals surface area contributed by atoms with Gasteiger partial charge in [0.1, 0.15) is 0 Å². The zero-order valence-corrected chi connectivity index (χ0v) is 11.6. The average molecular weight is 233 g/mol. The lowest BCUT2D eigenvalue weighted by Crippen LogP contribution is -2.15. The second-order valence-corrected chi connectivity index (χ2v) is 4.71. The highest BCUT2D eigenvalue weighted by Gasteiger charge is 2.23. The molecule has 0 aromatic carbocycles. The fourth-order valence-electron chi connectivity index (χ4n) is 2.08. The Morgan fingerprint density at radius 1 is 1.35 bits per heavy atom. The zero-order valence-electron chi connectivity index (χ0n) is 11.6. The topological polar surface area (TPSA) is 30.0 Å². The van der Waals surface area contributed by atoms with Gasteiger partial charge in [0.2, 0.25) is 0 Å². The van der Waals surface area contributed by atoms with E-state index in [2.05, 4.69) is 31.8 Å². The maximum atomic E-state index is 11.7. The van der Waals surface area contributed by atoms with Gasteiger partial charge in [-0.25, -0.2) is 0 Å². The highest BCUT2D eigenvalue weighted by atomic mass is 16.1. The second-order valence-electron chi connectivity index (χ2n) is 4.71. The van der Waals surface area contributed by atoms with E-state index < -0.39 is 0 Å². The van der Waals surface area contributed by atoms with Crippen LogP contribution in [0, 0.1) is 0 Å². The van der Waals surface area contributed by atoms with E-state index in [0.717, 1.165) is 17.7 Å². The van der Waals surface area contributed by atoms with Crippen molar-refractivity contribution in [2.24, 2.45) is 0 Å². The van der Waals surface area contributed by atoms with Crippen LogP contribution in [0.3, 0.4) is 0 Å². The number of hydrogen-bond acceptors (Lipinski definition) is 2. The number of carbonyl (C=O) groups excluding carboxylic acids is 1. The standard InChI is InChI=1S/C13H17NO.C2H6/c1-8(2)12-6-10-9(3)4-5-13(15)11(10)7-14-12;1-2/h6-9H,4-5H2,1-3H3;1-2H3. The van der Waals surface area contributed by atoms with Crippen molar-refractivity contribution in [3.05, 3.63) is 29.1 Å². The minimum absolute atomic E-state index is 0.255. The molecule has 1 aliphatic carbocycles. The van der Waals surface area contributed by atoms with Gasteiger partial charge in [-0.3, -0.25) is 9.78 Å². The molecule has 17 heavy (non-hydrogen) atoms. The number of fused-ring (bicyclic) bond motifs is 1. The molecule has 2 heteroatoms. The third-order valence-electron chi connectivity index (χ3n) is 3.18. The normalized spacial score (nSPS) is 18.5. The first-order valence-electron chi connectivity index (χ1n) is 6.62. The molecule has 94 valence electrons. The van der Waals surface area contributed by atoms with Crippen molar-refractivity contribution in [3.8, 4) is 0 Å². The summed E-state index contributed by atoms with van der Waals surface area (Å²) >= 11 is 0. The number of pyridine rings is 1. The van der Waals surface area contributed by atoms with Crippen molar-refractivity contribution in [1.29, 1.82) is 0 Å². The van der Waals surface area contributed by atoms with Gasteiger partial charge in [-0.1, -0.05) is 34.6 Å².